The lowest BCUT2D eigenvalue weighted by atomic mass is 10.0. The molecule has 0 saturated heterocycles. The van der Waals surface area contributed by atoms with Gasteiger partial charge in [0, 0.05) is 25.7 Å². The van der Waals surface area contributed by atoms with Crippen LogP contribution in [-0.4, -0.2) is 80.9 Å². The zero-order chi connectivity index (χ0) is 20.2. The summed E-state index contributed by atoms with van der Waals surface area (Å²) in [5.74, 6) is -1.12. The summed E-state index contributed by atoms with van der Waals surface area (Å²) in [6.45, 7) is 0.119. The van der Waals surface area contributed by atoms with Gasteiger partial charge in [-0.25, -0.2) is 8.42 Å². The monoisotopic (exact) mass is 400 g/mol. The maximum Gasteiger partial charge on any atom is 0.272 e. The normalized spacial score (nSPS) is 19.1. The van der Waals surface area contributed by atoms with Gasteiger partial charge in [-0.2, -0.15) is 5.10 Å². The Morgan fingerprint density at radius 2 is 1.93 bits per heavy atom. The van der Waals surface area contributed by atoms with Crippen molar-refractivity contribution in [3.63, 3.8) is 0 Å². The van der Waals surface area contributed by atoms with Crippen LogP contribution in [0.4, 0.5) is 0 Å². The van der Waals surface area contributed by atoms with Gasteiger partial charge >= 0.3 is 0 Å². The number of nitrogens with two attached hydrogens (primary N) is 1. The fourth-order valence-electron chi connectivity index (χ4n) is 3.66. The lowest BCUT2D eigenvalue weighted by molar-refractivity contribution is 0.0723. The minimum Gasteiger partial charge on any atom is -0.395 e. The standard InChI is InChI=1S/C16H24N4O6S/c1-15(8-21,9-22)27(25,26)16(4-5-16)7-20-6-3-10-11(13(17)23)18-19(2)12(10)14(20)24/h21-22H,3-9H2,1-2H3,(H2,17,23). The van der Waals surface area contributed by atoms with Gasteiger partial charge in [-0.1, -0.05) is 0 Å². The number of hydrogen-bond acceptors (Lipinski definition) is 7. The van der Waals surface area contributed by atoms with Crippen LogP contribution in [0.25, 0.3) is 0 Å². The van der Waals surface area contributed by atoms with Crippen LogP contribution in [0, 0.1) is 0 Å². The molecule has 2 heterocycles. The second kappa shape index (κ2) is 6.28. The summed E-state index contributed by atoms with van der Waals surface area (Å²) in [5.41, 5.74) is 6.08. The van der Waals surface area contributed by atoms with E-state index in [1.807, 2.05) is 0 Å². The number of aliphatic hydroxyl groups excluding tert-OH is 2. The molecule has 11 heteroatoms. The summed E-state index contributed by atoms with van der Waals surface area (Å²) in [4.78, 5) is 25.9. The molecule has 0 bridgehead atoms. The highest BCUT2D eigenvalue weighted by atomic mass is 32.2. The summed E-state index contributed by atoms with van der Waals surface area (Å²) >= 11 is 0. The average Bonchev–Trinajstić information content (AvgIpc) is 3.33. The molecule has 0 unspecified atom stereocenters. The largest absolute Gasteiger partial charge is 0.395 e. The highest BCUT2D eigenvalue weighted by Crippen LogP contribution is 2.49. The molecule has 1 saturated carbocycles. The second-order valence-corrected chi connectivity index (χ2v) is 10.5. The van der Waals surface area contributed by atoms with Gasteiger partial charge in [-0.05, 0) is 26.2 Å². The van der Waals surface area contributed by atoms with Crippen LogP contribution in [0.1, 0.15) is 46.3 Å². The van der Waals surface area contributed by atoms with Crippen LogP contribution >= 0.6 is 0 Å². The van der Waals surface area contributed by atoms with Gasteiger partial charge in [0.2, 0.25) is 0 Å². The molecule has 0 spiro atoms. The van der Waals surface area contributed by atoms with Crippen LogP contribution in [-0.2, 0) is 23.3 Å². The first kappa shape index (κ1) is 19.8. The molecule has 0 aromatic carbocycles. The summed E-state index contributed by atoms with van der Waals surface area (Å²) in [5, 5.41) is 23.0. The maximum absolute atomic E-state index is 13.0. The van der Waals surface area contributed by atoms with Gasteiger partial charge < -0.3 is 20.8 Å². The number of aromatic nitrogens is 2. The van der Waals surface area contributed by atoms with Gasteiger partial charge in [0.15, 0.2) is 15.5 Å². The van der Waals surface area contributed by atoms with E-state index in [9.17, 15) is 28.2 Å². The molecule has 1 aliphatic heterocycles. The summed E-state index contributed by atoms with van der Waals surface area (Å²) in [7, 11) is -2.37. The zero-order valence-electron chi connectivity index (χ0n) is 15.3. The molecule has 4 N–H and O–H groups in total. The molecular weight excluding hydrogens is 376 g/mol. The molecule has 2 amide bonds. The minimum absolute atomic E-state index is 0.0275. The van der Waals surface area contributed by atoms with Crippen molar-refractivity contribution in [1.29, 1.82) is 0 Å². The Labute approximate surface area is 156 Å². The number of rotatable bonds is 7. The van der Waals surface area contributed by atoms with E-state index in [4.69, 9.17) is 5.73 Å². The third-order valence-corrected chi connectivity index (χ3v) is 8.91. The fraction of sp³-hybridized carbons (Fsp3) is 0.688. The molecule has 1 fully saturated rings. The van der Waals surface area contributed by atoms with Crippen molar-refractivity contribution in [2.45, 2.75) is 35.7 Å². The van der Waals surface area contributed by atoms with Gasteiger partial charge in [-0.3, -0.25) is 14.3 Å². The van der Waals surface area contributed by atoms with E-state index >= 15 is 0 Å². The van der Waals surface area contributed by atoms with Crippen LogP contribution < -0.4 is 5.73 Å². The second-order valence-electron chi connectivity index (χ2n) is 7.59. The predicted molar refractivity (Wildman–Crippen MR) is 94.8 cm³/mol. The Kier molecular flexibility index (Phi) is 4.60. The molecule has 0 atom stereocenters. The third-order valence-electron chi connectivity index (χ3n) is 5.67. The molecular formula is C16H24N4O6S. The average molecular weight is 400 g/mol. The Hall–Kier alpha value is -1.98. The van der Waals surface area contributed by atoms with E-state index in [1.54, 1.807) is 0 Å². The molecule has 150 valence electrons. The van der Waals surface area contributed by atoms with Crippen LogP contribution in [0.5, 0.6) is 0 Å². The number of amides is 2. The lowest BCUT2D eigenvalue weighted by Crippen LogP contribution is -2.54. The Morgan fingerprint density at radius 1 is 1.33 bits per heavy atom. The van der Waals surface area contributed by atoms with Crippen molar-refractivity contribution < 1.29 is 28.2 Å². The predicted octanol–water partition coefficient (Wildman–Crippen LogP) is -1.79. The number of fused-ring (bicyclic) bond motifs is 1. The molecule has 3 rings (SSSR count). The smallest absolute Gasteiger partial charge is 0.272 e. The molecule has 1 aromatic heterocycles. The first-order valence-electron chi connectivity index (χ1n) is 8.64. The quantitative estimate of drug-likeness (QED) is 0.488. The Balaban J connectivity index is 1.90. The van der Waals surface area contributed by atoms with E-state index in [-0.39, 0.29) is 24.5 Å². The SMILES string of the molecule is Cn1nc(C(N)=O)c2c1C(=O)N(CC1(S(=O)(=O)C(C)(CO)CO)CC1)CC2. The lowest BCUT2D eigenvalue weighted by Gasteiger charge is -2.35. The van der Waals surface area contributed by atoms with E-state index < -0.39 is 44.4 Å². The third kappa shape index (κ3) is 2.75. The van der Waals surface area contributed by atoms with Gasteiger partial charge in [-0.15, -0.1) is 0 Å². The van der Waals surface area contributed by atoms with E-state index in [1.165, 1.54) is 23.6 Å². The molecule has 2 aliphatic rings. The van der Waals surface area contributed by atoms with E-state index in [2.05, 4.69) is 5.10 Å². The number of aliphatic hydroxyl groups is 2. The van der Waals surface area contributed by atoms with Gasteiger partial charge in [0.05, 0.1) is 18.0 Å². The number of primary amides is 1. The van der Waals surface area contributed by atoms with E-state index in [0.717, 1.165) is 0 Å². The Bertz CT molecular complexity index is 898. The highest BCUT2D eigenvalue weighted by molar-refractivity contribution is 7.94. The number of sulfone groups is 1. The van der Waals surface area contributed by atoms with Crippen molar-refractivity contribution in [2.75, 3.05) is 26.3 Å². The molecule has 1 aliphatic carbocycles. The van der Waals surface area contributed by atoms with E-state index in [0.29, 0.717) is 24.8 Å². The van der Waals surface area contributed by atoms with Crippen LogP contribution in [0.2, 0.25) is 0 Å². The first-order valence-corrected chi connectivity index (χ1v) is 10.1. The number of carbonyl (C=O) groups is 2. The van der Waals surface area contributed by atoms with Crippen molar-refractivity contribution in [1.82, 2.24) is 14.7 Å². The van der Waals surface area contributed by atoms with Crippen molar-refractivity contribution in [3.8, 4) is 0 Å². The van der Waals surface area contributed by atoms with Gasteiger partial charge in [0.25, 0.3) is 11.8 Å². The molecule has 10 nitrogen and oxygen atoms in total. The molecule has 0 radical (unpaired) electrons. The van der Waals surface area contributed by atoms with Crippen LogP contribution in [0.15, 0.2) is 0 Å². The van der Waals surface area contributed by atoms with Crippen LogP contribution in [0.3, 0.4) is 0 Å². The van der Waals surface area contributed by atoms with Crippen molar-refractivity contribution in [3.05, 3.63) is 17.0 Å². The summed E-state index contributed by atoms with van der Waals surface area (Å²) in [6, 6.07) is 0. The molecule has 1 aromatic rings. The minimum atomic E-state index is -3.90. The highest BCUT2D eigenvalue weighted by Gasteiger charge is 2.62. The first-order chi connectivity index (χ1) is 12.5. The number of hydrogen-bond donors (Lipinski definition) is 3. The fourth-order valence-corrected chi connectivity index (χ4v) is 6.01. The molecule has 27 heavy (non-hydrogen) atoms. The number of nitrogens with zero attached hydrogens (tertiary/aromatic N) is 3. The van der Waals surface area contributed by atoms with Gasteiger partial charge in [0.1, 0.15) is 10.4 Å². The Morgan fingerprint density at radius 3 is 2.41 bits per heavy atom. The zero-order valence-corrected chi connectivity index (χ0v) is 16.1. The number of carbonyl (C=O) groups excluding carboxylic acids is 2. The summed E-state index contributed by atoms with van der Waals surface area (Å²) < 4.78 is 24.5. The topological polar surface area (TPSA) is 156 Å². The summed E-state index contributed by atoms with van der Waals surface area (Å²) in [6.07, 6.45) is 1.07. The number of aryl methyl sites for hydroxylation is 1. The van der Waals surface area contributed by atoms with Crippen molar-refractivity contribution >= 4 is 21.7 Å². The maximum atomic E-state index is 13.0. The van der Waals surface area contributed by atoms with Crippen molar-refractivity contribution in [2.24, 2.45) is 12.8 Å².